The maximum Gasteiger partial charge on any atom is 0.320 e. The molecule has 0 radical (unpaired) electrons. The first kappa shape index (κ1) is 122. The predicted molar refractivity (Wildman–Crippen MR) is 521 cm³/mol. The van der Waals surface area contributed by atoms with Crippen molar-refractivity contribution in [3.8, 4) is 5.75 Å². The van der Waals surface area contributed by atoms with Crippen LogP contribution in [0, 0.1) is 0 Å². The van der Waals surface area contributed by atoms with E-state index < -0.39 is 96.1 Å². The molecule has 8 rings (SSSR count). The molecule has 8 unspecified atom stereocenters. The Kier molecular flexibility index (Phi) is 58.9. The van der Waals surface area contributed by atoms with Crippen LogP contribution in [0.25, 0.3) is 0 Å². The number of aliphatic carboxylic acids is 8. The second kappa shape index (κ2) is 66.8. The summed E-state index contributed by atoms with van der Waals surface area (Å²) in [6, 6.07) is 49.7. The number of amides is 2. The molecule has 138 heavy (non-hydrogen) atoms. The van der Waals surface area contributed by atoms with E-state index in [1.54, 1.807) is 124 Å². The Bertz CT molecular complexity index is 5020. The maximum atomic E-state index is 11.6. The normalized spacial score (nSPS) is 12.1. The minimum Gasteiger partial charge on any atom is -0.486 e. The fourth-order valence-corrected chi connectivity index (χ4v) is 11.7. The average molecular weight is 1930 g/mol. The maximum absolute atomic E-state index is 11.6. The van der Waals surface area contributed by atoms with Crippen LogP contribution in [0.15, 0.2) is 209 Å². The van der Waals surface area contributed by atoms with Crippen molar-refractivity contribution in [2.75, 3.05) is 25.4 Å². The topological polar surface area (TPSA) is 706 Å². The fraction of sp³-hybridized carbons (Fsp3) is 0.330. The summed E-state index contributed by atoms with van der Waals surface area (Å²) in [5.41, 5.74) is 54.9. The molecule has 2 amide bonds. The van der Waals surface area contributed by atoms with Gasteiger partial charge in [0.15, 0.2) is 11.6 Å². The molecule has 8 aromatic rings. The minimum atomic E-state index is -1.07. The van der Waals surface area contributed by atoms with Crippen molar-refractivity contribution in [1.82, 2.24) is 5.32 Å². The number of benzene rings is 8. The van der Waals surface area contributed by atoms with Gasteiger partial charge in [0.25, 0.3) is 5.91 Å². The number of aliphatic imine (C=N–C) groups is 2. The summed E-state index contributed by atoms with van der Waals surface area (Å²) in [5, 5.41) is 71.8. The largest absolute Gasteiger partial charge is 0.486 e. The molecule has 0 aliphatic rings. The van der Waals surface area contributed by atoms with Crippen LogP contribution in [-0.4, -0.2) is 227 Å². The Morgan fingerprint density at radius 3 is 0.855 bits per heavy atom. The van der Waals surface area contributed by atoms with Gasteiger partial charge in [-0.05, 0) is 216 Å². The number of rotatable bonds is 45. The highest BCUT2D eigenvalue weighted by molar-refractivity contribution is 8.00. The molecule has 37 nitrogen and oxygen atoms in total. The number of hydrogen-bond donors (Lipinski definition) is 17. The van der Waals surface area contributed by atoms with Crippen LogP contribution in [0.5, 0.6) is 5.75 Å². The molecule has 8 atom stereocenters. The lowest BCUT2D eigenvalue weighted by molar-refractivity contribution is -0.139. The van der Waals surface area contributed by atoms with Crippen molar-refractivity contribution in [3.63, 3.8) is 0 Å². The number of aryl methyl sites for hydroxylation is 2. The quantitative estimate of drug-likeness (QED) is 0.00816. The van der Waals surface area contributed by atoms with E-state index in [1.165, 1.54) is 45.7 Å². The van der Waals surface area contributed by atoms with E-state index in [0.717, 1.165) is 91.0 Å². The smallest absolute Gasteiger partial charge is 0.320 e. The third kappa shape index (κ3) is 57.3. The monoisotopic (exact) mass is 1930 g/mol. The number of nitrogens with zero attached hydrogens (tertiary/aromatic N) is 2. The number of carboxylic acid groups (broad SMARTS) is 8. The average Bonchev–Trinajstić information content (AvgIpc) is 0.870. The summed E-state index contributed by atoms with van der Waals surface area (Å²) in [7, 11) is 0. The van der Waals surface area contributed by atoms with Crippen LogP contribution in [0.4, 0.5) is 0 Å². The van der Waals surface area contributed by atoms with Crippen molar-refractivity contribution in [3.05, 3.63) is 272 Å². The molecule has 0 fully saturated rings. The van der Waals surface area contributed by atoms with Crippen LogP contribution < -0.4 is 55.9 Å². The van der Waals surface area contributed by atoms with E-state index in [1.807, 2.05) is 104 Å². The van der Waals surface area contributed by atoms with E-state index in [0.29, 0.717) is 61.2 Å². The SMILES string of the molecule is CC(=O)CC(=O)c1ccc(CC(N)C(=O)O)cc1.CC(=O)CCc1ccc(CC(N)C(=O)O)cc1.CC(=O)CCc1ccc(CC(N)C(=O)O)cc1.CC(=O)CNC(=O)c1ccc(CC(N)C(=O)O)cc1.CC(=O)COc1ccc(CC(N)C(=O)O)cc1.CC(=O)CSc1ccc(CC(N)C(=O)O)cc1.CC(=O)N=Cc1ccc(CC(N)C(=O)O)cc1.CCN=Cc1ccc(CC(N)C(=O)O)cc1. The summed E-state index contributed by atoms with van der Waals surface area (Å²) in [6.07, 6.45) is 7.91. The third-order valence-electron chi connectivity index (χ3n) is 18.7. The summed E-state index contributed by atoms with van der Waals surface area (Å²) in [6.45, 7) is 13.0. The van der Waals surface area contributed by atoms with Gasteiger partial charge in [-0.15, -0.1) is 11.8 Å². The molecule has 742 valence electrons. The number of ketones is 7. The Morgan fingerprint density at radius 1 is 0.326 bits per heavy atom. The lowest BCUT2D eigenvalue weighted by atomic mass is 10.0. The highest BCUT2D eigenvalue weighted by Crippen LogP contribution is 2.21. The lowest BCUT2D eigenvalue weighted by Crippen LogP contribution is -2.32. The number of nitrogens with one attached hydrogen (secondary N) is 1. The van der Waals surface area contributed by atoms with E-state index in [-0.39, 0.29) is 97.6 Å². The van der Waals surface area contributed by atoms with Gasteiger partial charge in [-0.2, -0.15) is 0 Å². The summed E-state index contributed by atoms with van der Waals surface area (Å²) in [5.74, 6) is -7.85. The van der Waals surface area contributed by atoms with Gasteiger partial charge in [-0.1, -0.05) is 158 Å². The molecule has 38 heteroatoms. The molecule has 0 saturated heterocycles. The number of Topliss-reactive ketones (excluding diaryl/α,β-unsaturated/α-hetero) is 7. The summed E-state index contributed by atoms with van der Waals surface area (Å²) in [4.78, 5) is 192. The van der Waals surface area contributed by atoms with Crippen molar-refractivity contribution in [1.29, 1.82) is 0 Å². The summed E-state index contributed by atoms with van der Waals surface area (Å²) < 4.78 is 5.18. The van der Waals surface area contributed by atoms with Crippen LogP contribution in [0.3, 0.4) is 0 Å². The zero-order valence-corrected chi connectivity index (χ0v) is 78.9. The van der Waals surface area contributed by atoms with Gasteiger partial charge in [0.2, 0.25) is 5.91 Å². The standard InChI is InChI=1S/C13H16N2O4.C13H15NO4.2C13H17NO3.C12H14N2O3.C12H16N2O2.C12H15NO4.C12H15NO3S/c1-8(16)7-15-12(17)10-4-2-9(3-5-10)6-11(14)13(18)19;1-8(15)6-12(16)10-4-2-9(3-5-10)7-11(14)13(17)18;2*1-9(15)2-3-10-4-6-11(7-5-10)8-12(14)13(16)17;1-8(15)14-7-10-4-2-9(3-5-10)6-11(13)12(16)17;1-2-14-8-10-5-3-9(4-6-10)7-11(13)12(15)16;2*1-8(14)7-17-10-4-2-9(3-5-10)6-11(13)12(15)16/h2-5,11H,6-7,14H2,1H3,(H,15,17)(H,18,19);2-5,11H,6-7,14H2,1H3,(H,17,18);2*4-7,12H,2-3,8,14H2,1H3,(H,16,17);2-5,7,11H,6,13H2,1H3,(H,16,17);3-6,8,11H,2,7,13H2,1H3,(H,15,16);2*2-5,11H,6-7,13H2,1H3,(H,15,16). The van der Waals surface area contributed by atoms with Gasteiger partial charge >= 0.3 is 47.8 Å². The first-order chi connectivity index (χ1) is 64.9. The molecule has 8 aromatic carbocycles. The van der Waals surface area contributed by atoms with Gasteiger partial charge in [-0.3, -0.25) is 76.9 Å². The van der Waals surface area contributed by atoms with Gasteiger partial charge in [0, 0.05) is 54.8 Å². The van der Waals surface area contributed by atoms with Gasteiger partial charge in [0.1, 0.15) is 89.6 Å². The van der Waals surface area contributed by atoms with Crippen LogP contribution >= 0.6 is 11.8 Å². The Morgan fingerprint density at radius 2 is 0.594 bits per heavy atom. The van der Waals surface area contributed by atoms with Gasteiger partial charge in [0.05, 0.1) is 18.7 Å². The van der Waals surface area contributed by atoms with Crippen molar-refractivity contribution in [2.24, 2.45) is 55.9 Å². The molecule has 25 N–H and O–H groups in total. The first-order valence-corrected chi connectivity index (χ1v) is 44.0. The number of carboxylic acids is 8. The van der Waals surface area contributed by atoms with E-state index >= 15 is 0 Å². The van der Waals surface area contributed by atoms with E-state index in [4.69, 9.17) is 91.5 Å². The predicted octanol–water partition coefficient (Wildman–Crippen LogP) is 6.70. The van der Waals surface area contributed by atoms with Crippen molar-refractivity contribution in [2.45, 2.75) is 192 Å². The zero-order valence-electron chi connectivity index (χ0n) is 78.1. The number of carbonyl (C=O) groups excluding carboxylic acids is 9. The minimum absolute atomic E-state index is 0.00945. The van der Waals surface area contributed by atoms with Crippen LogP contribution in [0.1, 0.15) is 162 Å². The zero-order chi connectivity index (χ0) is 104. The highest BCUT2D eigenvalue weighted by Gasteiger charge is 2.20. The Labute approximate surface area is 803 Å². The molecule has 0 aromatic heterocycles. The second-order valence-electron chi connectivity index (χ2n) is 31.5. The molecule has 0 aliphatic carbocycles. The second-order valence-corrected chi connectivity index (χ2v) is 32.5. The molecule has 0 spiro atoms. The third-order valence-corrected chi connectivity index (χ3v) is 19.8. The summed E-state index contributed by atoms with van der Waals surface area (Å²) >= 11 is 1.47. The fourth-order valence-electron chi connectivity index (χ4n) is 11.0. The molecule has 0 bridgehead atoms. The van der Waals surface area contributed by atoms with Crippen molar-refractivity contribution < 1.29 is 127 Å². The van der Waals surface area contributed by atoms with E-state index in [2.05, 4.69) is 15.3 Å². The lowest BCUT2D eigenvalue weighted by Gasteiger charge is -2.08. The van der Waals surface area contributed by atoms with Crippen LogP contribution in [0.2, 0.25) is 0 Å². The molecule has 0 heterocycles. The molecular weight excluding hydrogens is 1800 g/mol. The number of nitrogens with two attached hydrogens (primary N) is 8. The molecule has 0 aliphatic heterocycles. The molecular formula is C100H125N11O26S. The number of hydrogen-bond acceptors (Lipinski definition) is 28. The van der Waals surface area contributed by atoms with E-state index in [9.17, 15) is 81.5 Å². The van der Waals surface area contributed by atoms with Crippen LogP contribution in [-0.2, 0) is 136 Å². The number of ether oxygens (including phenoxy) is 1. The number of carbonyl (C=O) groups is 17. The molecule has 0 saturated carbocycles. The van der Waals surface area contributed by atoms with Gasteiger partial charge < -0.3 is 106 Å². The Hall–Kier alpha value is -14.5. The first-order valence-electron chi connectivity index (χ1n) is 43.0. The van der Waals surface area contributed by atoms with Gasteiger partial charge in [-0.25, -0.2) is 4.99 Å². The van der Waals surface area contributed by atoms with Crippen molar-refractivity contribution >= 4 is 124 Å². The Balaban J connectivity index is 0.000000789. The highest BCUT2D eigenvalue weighted by atomic mass is 32.2. The number of thioether (sulfide) groups is 1.